The minimum Gasteiger partial charge on any atom is -0.467 e. The first-order chi connectivity index (χ1) is 13.3. The summed E-state index contributed by atoms with van der Waals surface area (Å²) < 4.78 is 10.3. The second-order valence-corrected chi connectivity index (χ2v) is 7.10. The Morgan fingerprint density at radius 1 is 0.857 bits per heavy atom. The molecule has 1 atom stereocenters. The first-order valence-corrected chi connectivity index (χ1v) is 9.24. The van der Waals surface area contributed by atoms with E-state index in [1.165, 1.54) is 7.11 Å². The van der Waals surface area contributed by atoms with Crippen molar-refractivity contribution in [1.29, 1.82) is 0 Å². The molecule has 0 heterocycles. The number of nitrogens with zero attached hydrogens (tertiary/aromatic N) is 1. The second-order valence-electron chi connectivity index (χ2n) is 7.10. The number of esters is 2. The van der Waals surface area contributed by atoms with Crippen molar-refractivity contribution >= 4 is 17.7 Å². The molecule has 0 aliphatic carbocycles. The lowest BCUT2D eigenvalue weighted by molar-refractivity contribution is -0.166. The van der Waals surface area contributed by atoms with Crippen LogP contribution in [0, 0.1) is 5.41 Å². The molecular weight excluding hydrogens is 354 g/mol. The summed E-state index contributed by atoms with van der Waals surface area (Å²) >= 11 is 0. The highest BCUT2D eigenvalue weighted by Gasteiger charge is 2.54. The smallest absolute Gasteiger partial charge is 0.334 e. The molecular formula is C23H27NO4. The zero-order valence-electron chi connectivity index (χ0n) is 17.1. The Hall–Kier alpha value is -2.95. The molecule has 0 N–H and O–H groups in total. The molecule has 2 aromatic rings. The van der Waals surface area contributed by atoms with Gasteiger partial charge >= 0.3 is 11.9 Å². The molecule has 0 unspecified atom stereocenters. The molecule has 0 radical (unpaired) electrons. The van der Waals surface area contributed by atoms with Crippen LogP contribution in [0.2, 0.25) is 0 Å². The fraction of sp³-hybridized carbons (Fsp3) is 0.348. The van der Waals surface area contributed by atoms with Gasteiger partial charge in [0.05, 0.1) is 24.8 Å². The van der Waals surface area contributed by atoms with E-state index in [1.54, 1.807) is 27.7 Å². The predicted molar refractivity (Wildman–Crippen MR) is 109 cm³/mol. The SMILES string of the molecule is CCOC(=O)C(C)(C)[C@](C)(N=C(c1ccccc1)c1ccccc1)C(=O)OC. The van der Waals surface area contributed by atoms with E-state index in [2.05, 4.69) is 0 Å². The van der Waals surface area contributed by atoms with Crippen LogP contribution >= 0.6 is 0 Å². The number of ether oxygens (including phenoxy) is 2. The van der Waals surface area contributed by atoms with Gasteiger partial charge in [-0.1, -0.05) is 60.7 Å². The average molecular weight is 381 g/mol. The van der Waals surface area contributed by atoms with E-state index in [9.17, 15) is 9.59 Å². The van der Waals surface area contributed by atoms with Crippen molar-refractivity contribution in [2.75, 3.05) is 13.7 Å². The Morgan fingerprint density at radius 3 is 1.71 bits per heavy atom. The van der Waals surface area contributed by atoms with E-state index in [0.717, 1.165) is 11.1 Å². The first kappa shape index (κ1) is 21.4. The molecule has 0 aromatic heterocycles. The van der Waals surface area contributed by atoms with Gasteiger partial charge in [0.1, 0.15) is 0 Å². The maximum atomic E-state index is 12.9. The minimum atomic E-state index is -1.49. The van der Waals surface area contributed by atoms with Crippen LogP contribution in [0.25, 0.3) is 0 Å². The number of methoxy groups -OCH3 is 1. The molecule has 0 spiro atoms. The normalized spacial score (nSPS) is 13.2. The van der Waals surface area contributed by atoms with Crippen LogP contribution in [-0.4, -0.2) is 36.9 Å². The Labute approximate surface area is 166 Å². The summed E-state index contributed by atoms with van der Waals surface area (Å²) in [5, 5.41) is 0. The van der Waals surface area contributed by atoms with Gasteiger partial charge in [0.15, 0.2) is 5.54 Å². The molecule has 2 aromatic carbocycles. The second kappa shape index (κ2) is 8.83. The molecule has 0 aliphatic rings. The molecule has 5 heteroatoms. The number of carbonyl (C=O) groups is 2. The Kier molecular flexibility index (Phi) is 6.73. The molecule has 0 aliphatic heterocycles. The van der Waals surface area contributed by atoms with Gasteiger partial charge in [-0.15, -0.1) is 0 Å². The lowest BCUT2D eigenvalue weighted by Gasteiger charge is -2.37. The summed E-state index contributed by atoms with van der Waals surface area (Å²) in [7, 11) is 1.29. The Morgan fingerprint density at radius 2 is 1.32 bits per heavy atom. The lowest BCUT2D eigenvalue weighted by atomic mass is 9.73. The summed E-state index contributed by atoms with van der Waals surface area (Å²) in [5.41, 5.74) is -0.460. The fourth-order valence-electron chi connectivity index (χ4n) is 2.86. The quantitative estimate of drug-likeness (QED) is 0.536. The van der Waals surface area contributed by atoms with Gasteiger partial charge in [-0.3, -0.25) is 9.79 Å². The number of benzene rings is 2. The minimum absolute atomic E-state index is 0.216. The topological polar surface area (TPSA) is 65.0 Å². The molecule has 148 valence electrons. The highest BCUT2D eigenvalue weighted by Crippen LogP contribution is 2.38. The number of hydrogen-bond acceptors (Lipinski definition) is 5. The van der Waals surface area contributed by atoms with E-state index < -0.39 is 22.9 Å². The summed E-state index contributed by atoms with van der Waals surface area (Å²) in [6.07, 6.45) is 0. The molecule has 0 fully saturated rings. The van der Waals surface area contributed by atoms with Crippen molar-refractivity contribution < 1.29 is 19.1 Å². The number of aliphatic imine (C=N–C) groups is 1. The highest BCUT2D eigenvalue weighted by atomic mass is 16.5. The van der Waals surface area contributed by atoms with Crippen LogP contribution in [0.1, 0.15) is 38.8 Å². The van der Waals surface area contributed by atoms with Crippen molar-refractivity contribution in [1.82, 2.24) is 0 Å². The third-order valence-corrected chi connectivity index (χ3v) is 5.02. The van der Waals surface area contributed by atoms with Gasteiger partial charge in [0.25, 0.3) is 0 Å². The standard InChI is InChI=1S/C23H27NO4/c1-6-28-20(25)22(2,3)23(4,21(26)27-5)24-19(17-13-9-7-10-14-17)18-15-11-8-12-16-18/h7-16H,6H2,1-5H3/t23-/m1/s1. The third-order valence-electron chi connectivity index (χ3n) is 5.02. The van der Waals surface area contributed by atoms with Crippen molar-refractivity contribution in [3.8, 4) is 0 Å². The summed E-state index contributed by atoms with van der Waals surface area (Å²) in [6, 6.07) is 19.1. The van der Waals surface area contributed by atoms with E-state index in [-0.39, 0.29) is 6.61 Å². The van der Waals surface area contributed by atoms with Crippen molar-refractivity contribution in [2.45, 2.75) is 33.2 Å². The van der Waals surface area contributed by atoms with Crippen LogP contribution in [-0.2, 0) is 19.1 Å². The highest BCUT2D eigenvalue weighted by molar-refractivity contribution is 6.14. The van der Waals surface area contributed by atoms with Crippen LogP contribution in [0.4, 0.5) is 0 Å². The zero-order valence-corrected chi connectivity index (χ0v) is 17.1. The zero-order chi connectivity index (χ0) is 20.8. The maximum absolute atomic E-state index is 12.9. The van der Waals surface area contributed by atoms with Gasteiger partial charge in [-0.05, 0) is 27.7 Å². The van der Waals surface area contributed by atoms with Crippen LogP contribution in [0.15, 0.2) is 65.7 Å². The van der Waals surface area contributed by atoms with E-state index >= 15 is 0 Å². The number of carbonyl (C=O) groups excluding carboxylic acids is 2. The summed E-state index contributed by atoms with van der Waals surface area (Å²) in [4.78, 5) is 30.4. The van der Waals surface area contributed by atoms with E-state index in [1.807, 2.05) is 60.7 Å². The Balaban J connectivity index is 2.73. The first-order valence-electron chi connectivity index (χ1n) is 9.24. The van der Waals surface area contributed by atoms with Gasteiger partial charge in [-0.2, -0.15) is 0 Å². The van der Waals surface area contributed by atoms with E-state index in [4.69, 9.17) is 14.5 Å². The molecule has 5 nitrogen and oxygen atoms in total. The summed E-state index contributed by atoms with van der Waals surface area (Å²) in [5.74, 6) is -1.11. The Bertz CT molecular complexity index is 802. The number of hydrogen-bond donors (Lipinski definition) is 0. The largest absolute Gasteiger partial charge is 0.467 e. The molecule has 0 saturated carbocycles. The third kappa shape index (κ3) is 4.14. The molecule has 0 amide bonds. The van der Waals surface area contributed by atoms with Crippen LogP contribution in [0.3, 0.4) is 0 Å². The fourth-order valence-corrected chi connectivity index (χ4v) is 2.86. The van der Waals surface area contributed by atoms with Crippen LogP contribution < -0.4 is 0 Å². The van der Waals surface area contributed by atoms with Crippen molar-refractivity contribution in [3.63, 3.8) is 0 Å². The maximum Gasteiger partial charge on any atom is 0.334 e. The lowest BCUT2D eigenvalue weighted by Crippen LogP contribution is -2.53. The van der Waals surface area contributed by atoms with Gasteiger partial charge < -0.3 is 9.47 Å². The predicted octanol–water partition coefficient (Wildman–Crippen LogP) is 4.05. The van der Waals surface area contributed by atoms with Crippen LogP contribution in [0.5, 0.6) is 0 Å². The molecule has 0 saturated heterocycles. The molecule has 28 heavy (non-hydrogen) atoms. The van der Waals surface area contributed by atoms with Gasteiger partial charge in [0, 0.05) is 11.1 Å². The number of rotatable bonds is 7. The summed E-state index contributed by atoms with van der Waals surface area (Å²) in [6.45, 7) is 6.86. The van der Waals surface area contributed by atoms with Gasteiger partial charge in [0.2, 0.25) is 0 Å². The van der Waals surface area contributed by atoms with Crippen molar-refractivity contribution in [3.05, 3.63) is 71.8 Å². The average Bonchev–Trinajstić information content (AvgIpc) is 2.72. The monoisotopic (exact) mass is 381 g/mol. The molecule has 0 bridgehead atoms. The molecule has 2 rings (SSSR count). The van der Waals surface area contributed by atoms with E-state index in [0.29, 0.717) is 5.71 Å². The van der Waals surface area contributed by atoms with Crippen molar-refractivity contribution in [2.24, 2.45) is 10.4 Å². The van der Waals surface area contributed by atoms with Gasteiger partial charge in [-0.25, -0.2) is 4.79 Å².